The first-order valence-electron chi connectivity index (χ1n) is 7.14. The van der Waals surface area contributed by atoms with E-state index in [2.05, 4.69) is 24.1 Å². The fraction of sp³-hybridized carbons (Fsp3) is 0.667. The Bertz CT molecular complexity index is 474. The summed E-state index contributed by atoms with van der Waals surface area (Å²) >= 11 is 0. The summed E-state index contributed by atoms with van der Waals surface area (Å²) in [7, 11) is 0. The smallest absolute Gasteiger partial charge is 0.239 e. The Hall–Kier alpha value is -1.49. The number of hydrogen-bond acceptors (Lipinski definition) is 5. The number of ether oxygens (including phenoxy) is 1. The molecule has 0 aliphatic heterocycles. The Balaban J connectivity index is 2.04. The van der Waals surface area contributed by atoms with Crippen LogP contribution in [0.1, 0.15) is 34.1 Å². The summed E-state index contributed by atoms with van der Waals surface area (Å²) in [6, 6.07) is 3.86. The van der Waals surface area contributed by atoms with Crippen molar-refractivity contribution in [3.63, 3.8) is 0 Å². The van der Waals surface area contributed by atoms with Gasteiger partial charge in [-0.05, 0) is 24.5 Å². The molecule has 1 aliphatic rings. The summed E-state index contributed by atoms with van der Waals surface area (Å²) in [5, 5.41) is 13.1. The van der Waals surface area contributed by atoms with Crippen molar-refractivity contribution in [1.82, 2.24) is 4.98 Å². The quantitative estimate of drug-likeness (QED) is 0.770. The Kier molecular flexibility index (Phi) is 4.09. The summed E-state index contributed by atoms with van der Waals surface area (Å²) in [6.07, 6.45) is 0.478. The van der Waals surface area contributed by atoms with Crippen molar-refractivity contribution in [2.75, 3.05) is 17.7 Å². The van der Waals surface area contributed by atoms with E-state index in [0.29, 0.717) is 24.1 Å². The molecule has 1 fully saturated rings. The third-order valence-electron chi connectivity index (χ3n) is 3.98. The van der Waals surface area contributed by atoms with Crippen LogP contribution < -0.4 is 15.8 Å². The Labute approximate surface area is 120 Å². The van der Waals surface area contributed by atoms with E-state index in [9.17, 15) is 5.11 Å². The molecule has 0 amide bonds. The van der Waals surface area contributed by atoms with Gasteiger partial charge in [0.1, 0.15) is 5.82 Å². The van der Waals surface area contributed by atoms with E-state index in [1.807, 2.05) is 19.9 Å². The molecular formula is C15H25N3O2. The second-order valence-corrected chi connectivity index (χ2v) is 6.57. The molecule has 0 aromatic carbocycles. The van der Waals surface area contributed by atoms with Gasteiger partial charge in [-0.3, -0.25) is 0 Å². The van der Waals surface area contributed by atoms with E-state index >= 15 is 0 Å². The Morgan fingerprint density at radius 3 is 2.75 bits per heavy atom. The van der Waals surface area contributed by atoms with Gasteiger partial charge in [0.2, 0.25) is 5.88 Å². The monoisotopic (exact) mass is 279 g/mol. The molecule has 20 heavy (non-hydrogen) atoms. The van der Waals surface area contributed by atoms with Crippen molar-refractivity contribution in [2.45, 2.75) is 46.3 Å². The van der Waals surface area contributed by atoms with Crippen LogP contribution in [0.5, 0.6) is 5.88 Å². The number of anilines is 2. The first kappa shape index (κ1) is 14.9. The zero-order chi connectivity index (χ0) is 14.9. The van der Waals surface area contributed by atoms with Crippen molar-refractivity contribution >= 4 is 11.5 Å². The molecule has 0 bridgehead atoms. The highest BCUT2D eigenvalue weighted by molar-refractivity contribution is 5.54. The third kappa shape index (κ3) is 2.98. The second-order valence-electron chi connectivity index (χ2n) is 6.57. The minimum Gasteiger partial charge on any atom is -0.476 e. The van der Waals surface area contributed by atoms with Crippen LogP contribution in [0.15, 0.2) is 12.1 Å². The summed E-state index contributed by atoms with van der Waals surface area (Å²) in [5.74, 6) is 1.64. The zero-order valence-corrected chi connectivity index (χ0v) is 12.7. The number of nitrogen functional groups attached to an aromatic ring is 1. The molecular weight excluding hydrogens is 254 g/mol. The largest absolute Gasteiger partial charge is 0.476 e. The number of hydrogen-bond donors (Lipinski definition) is 3. The van der Waals surface area contributed by atoms with Crippen molar-refractivity contribution in [2.24, 2.45) is 11.3 Å². The van der Waals surface area contributed by atoms with Crippen LogP contribution in [0.3, 0.4) is 0 Å². The van der Waals surface area contributed by atoms with Gasteiger partial charge in [0, 0.05) is 11.5 Å². The number of nitrogens with one attached hydrogen (secondary N) is 1. The van der Waals surface area contributed by atoms with Crippen molar-refractivity contribution in [1.29, 1.82) is 0 Å². The number of rotatable bonds is 5. The number of aromatic nitrogens is 1. The van der Waals surface area contributed by atoms with Crippen molar-refractivity contribution in [3.05, 3.63) is 12.1 Å². The minimum absolute atomic E-state index is 0.137. The van der Waals surface area contributed by atoms with Gasteiger partial charge in [0.25, 0.3) is 0 Å². The lowest BCUT2D eigenvalue weighted by molar-refractivity contribution is -0.0511. The first-order valence-corrected chi connectivity index (χ1v) is 7.14. The van der Waals surface area contributed by atoms with E-state index in [1.54, 1.807) is 6.07 Å². The maximum atomic E-state index is 9.76. The molecule has 2 rings (SSSR count). The van der Waals surface area contributed by atoms with Gasteiger partial charge < -0.3 is 20.9 Å². The number of nitrogens with zero attached hydrogens (tertiary/aromatic N) is 1. The molecule has 4 N–H and O–H groups in total. The van der Waals surface area contributed by atoms with Crippen LogP contribution in [-0.4, -0.2) is 28.8 Å². The molecule has 112 valence electrons. The molecule has 0 saturated heterocycles. The number of aliphatic hydroxyl groups is 1. The fourth-order valence-electron chi connectivity index (χ4n) is 2.22. The lowest BCUT2D eigenvalue weighted by Gasteiger charge is -2.49. The Morgan fingerprint density at radius 1 is 1.50 bits per heavy atom. The summed E-state index contributed by atoms with van der Waals surface area (Å²) in [6.45, 7) is 8.85. The average Bonchev–Trinajstić information content (AvgIpc) is 2.38. The molecule has 0 radical (unpaired) electrons. The lowest BCUT2D eigenvalue weighted by Crippen LogP contribution is -2.57. The molecule has 1 saturated carbocycles. The van der Waals surface area contributed by atoms with Gasteiger partial charge in [-0.1, -0.05) is 27.7 Å². The van der Waals surface area contributed by atoms with E-state index in [1.165, 1.54) is 0 Å². The van der Waals surface area contributed by atoms with Gasteiger partial charge in [-0.15, -0.1) is 0 Å². The second kappa shape index (κ2) is 5.48. The molecule has 1 aliphatic carbocycles. The average molecular weight is 279 g/mol. The molecule has 1 heterocycles. The molecule has 1 aromatic heterocycles. The van der Waals surface area contributed by atoms with Gasteiger partial charge in [0.15, 0.2) is 0 Å². The molecule has 2 unspecified atom stereocenters. The highest BCUT2D eigenvalue weighted by Crippen LogP contribution is 2.42. The van der Waals surface area contributed by atoms with Crippen LogP contribution in [0, 0.1) is 11.3 Å². The number of pyridine rings is 1. The van der Waals surface area contributed by atoms with Crippen LogP contribution in [0.4, 0.5) is 11.5 Å². The summed E-state index contributed by atoms with van der Waals surface area (Å²) in [5.41, 5.74) is 6.28. The van der Waals surface area contributed by atoms with E-state index in [-0.39, 0.29) is 17.6 Å². The highest BCUT2D eigenvalue weighted by Gasteiger charge is 2.47. The number of aliphatic hydroxyl groups excluding tert-OH is 1. The summed E-state index contributed by atoms with van der Waals surface area (Å²) in [4.78, 5) is 4.42. The van der Waals surface area contributed by atoms with Crippen LogP contribution in [0.25, 0.3) is 0 Å². The predicted octanol–water partition coefficient (Wildman–Crippen LogP) is 2.27. The van der Waals surface area contributed by atoms with E-state index in [0.717, 1.165) is 12.2 Å². The molecule has 5 heteroatoms. The maximum absolute atomic E-state index is 9.76. The molecule has 2 atom stereocenters. The molecule has 1 aromatic rings. The van der Waals surface area contributed by atoms with Gasteiger partial charge in [-0.2, -0.15) is 4.98 Å². The number of nitrogens with two attached hydrogens (primary N) is 1. The van der Waals surface area contributed by atoms with E-state index < -0.39 is 0 Å². The SMILES string of the molecule is CC(C)COc1nc(NC2CC(O)C2(C)C)ccc1N. The minimum atomic E-state index is -0.259. The van der Waals surface area contributed by atoms with Crippen molar-refractivity contribution in [3.8, 4) is 5.88 Å². The molecule has 0 spiro atoms. The predicted molar refractivity (Wildman–Crippen MR) is 80.8 cm³/mol. The van der Waals surface area contributed by atoms with Crippen LogP contribution in [-0.2, 0) is 0 Å². The maximum Gasteiger partial charge on any atom is 0.239 e. The van der Waals surface area contributed by atoms with Crippen molar-refractivity contribution < 1.29 is 9.84 Å². The van der Waals surface area contributed by atoms with E-state index in [4.69, 9.17) is 10.5 Å². The molecule has 5 nitrogen and oxygen atoms in total. The third-order valence-corrected chi connectivity index (χ3v) is 3.98. The van der Waals surface area contributed by atoms with Gasteiger partial charge in [0.05, 0.1) is 18.4 Å². The summed E-state index contributed by atoms with van der Waals surface area (Å²) < 4.78 is 5.62. The standard InChI is InChI=1S/C15H25N3O2/c1-9(2)8-20-14-10(16)5-6-13(18-14)17-11-7-12(19)15(11,3)4/h5-6,9,11-12,19H,7-8,16H2,1-4H3,(H,17,18). The first-order chi connectivity index (χ1) is 9.30. The fourth-order valence-corrected chi connectivity index (χ4v) is 2.22. The normalized spacial score (nSPS) is 24.3. The van der Waals surface area contributed by atoms with Crippen LogP contribution >= 0.6 is 0 Å². The highest BCUT2D eigenvalue weighted by atomic mass is 16.5. The van der Waals surface area contributed by atoms with Gasteiger partial charge in [-0.25, -0.2) is 0 Å². The van der Waals surface area contributed by atoms with Crippen LogP contribution in [0.2, 0.25) is 0 Å². The zero-order valence-electron chi connectivity index (χ0n) is 12.7. The lowest BCUT2D eigenvalue weighted by atomic mass is 9.64. The Morgan fingerprint density at radius 2 is 2.20 bits per heavy atom. The topological polar surface area (TPSA) is 80.4 Å². The van der Waals surface area contributed by atoms with Gasteiger partial charge >= 0.3 is 0 Å².